The van der Waals surface area contributed by atoms with Gasteiger partial charge in [-0.05, 0) is 49.7 Å². The van der Waals surface area contributed by atoms with Crippen LogP contribution in [0.2, 0.25) is 0 Å². The summed E-state index contributed by atoms with van der Waals surface area (Å²) in [7, 11) is 0. The second-order valence-electron chi connectivity index (χ2n) is 5.63. The first-order valence-electron chi connectivity index (χ1n) is 7.57. The Bertz CT molecular complexity index is 664. The largest absolute Gasteiger partial charge is 0.457 e. The van der Waals surface area contributed by atoms with Crippen molar-refractivity contribution in [3.8, 4) is 11.5 Å². The van der Waals surface area contributed by atoms with Crippen molar-refractivity contribution in [1.82, 2.24) is 5.32 Å². The summed E-state index contributed by atoms with van der Waals surface area (Å²) >= 11 is 0. The molecule has 2 aromatic rings. The molecule has 2 N–H and O–H groups in total. The van der Waals surface area contributed by atoms with Gasteiger partial charge in [0, 0.05) is 18.3 Å². The van der Waals surface area contributed by atoms with Crippen LogP contribution in [0.4, 0.5) is 5.69 Å². The van der Waals surface area contributed by atoms with Gasteiger partial charge >= 0.3 is 0 Å². The van der Waals surface area contributed by atoms with Crippen LogP contribution in [0, 0.1) is 12.8 Å². The van der Waals surface area contributed by atoms with Gasteiger partial charge in [0.15, 0.2) is 0 Å². The molecule has 1 atom stereocenters. The molecule has 1 heterocycles. The van der Waals surface area contributed by atoms with Crippen LogP contribution in [0.25, 0.3) is 0 Å². The summed E-state index contributed by atoms with van der Waals surface area (Å²) in [6, 6.07) is 15.4. The van der Waals surface area contributed by atoms with Gasteiger partial charge in [-0.3, -0.25) is 4.79 Å². The molecule has 0 saturated carbocycles. The average molecular weight is 296 g/mol. The maximum absolute atomic E-state index is 12.1. The van der Waals surface area contributed by atoms with E-state index in [0.29, 0.717) is 5.75 Å². The van der Waals surface area contributed by atoms with Crippen LogP contribution >= 0.6 is 0 Å². The maximum atomic E-state index is 12.1. The predicted octanol–water partition coefficient (Wildman–Crippen LogP) is 3.34. The molecule has 0 bridgehead atoms. The molecule has 1 unspecified atom stereocenters. The van der Waals surface area contributed by atoms with E-state index >= 15 is 0 Å². The zero-order valence-corrected chi connectivity index (χ0v) is 12.6. The second kappa shape index (κ2) is 6.62. The van der Waals surface area contributed by atoms with Gasteiger partial charge in [0.05, 0.1) is 5.92 Å². The Hall–Kier alpha value is -2.33. The predicted molar refractivity (Wildman–Crippen MR) is 87.3 cm³/mol. The Morgan fingerprint density at radius 3 is 2.68 bits per heavy atom. The number of aryl methyl sites for hydroxylation is 1. The molecule has 0 aliphatic carbocycles. The van der Waals surface area contributed by atoms with E-state index in [1.807, 2.05) is 55.5 Å². The van der Waals surface area contributed by atoms with Crippen molar-refractivity contribution in [2.45, 2.75) is 13.3 Å². The van der Waals surface area contributed by atoms with E-state index in [0.717, 1.165) is 36.5 Å². The summed E-state index contributed by atoms with van der Waals surface area (Å²) in [5.74, 6) is 1.63. The monoisotopic (exact) mass is 296 g/mol. The fourth-order valence-electron chi connectivity index (χ4n) is 2.58. The number of carbonyl (C=O) groups excluding carboxylic acids is 1. The van der Waals surface area contributed by atoms with Crippen LogP contribution in [0.1, 0.15) is 12.0 Å². The number of benzene rings is 2. The zero-order chi connectivity index (χ0) is 15.4. The second-order valence-corrected chi connectivity index (χ2v) is 5.63. The SMILES string of the molecule is Cc1cccc(Oc2cccc(NC(=O)C3CCNC3)c2)c1. The lowest BCUT2D eigenvalue weighted by atomic mass is 10.1. The molecule has 2 aromatic carbocycles. The molecule has 1 aliphatic heterocycles. The smallest absolute Gasteiger partial charge is 0.228 e. The van der Waals surface area contributed by atoms with Gasteiger partial charge in [-0.1, -0.05) is 18.2 Å². The summed E-state index contributed by atoms with van der Waals surface area (Å²) in [6.45, 7) is 3.69. The van der Waals surface area contributed by atoms with Gasteiger partial charge in [0.1, 0.15) is 11.5 Å². The van der Waals surface area contributed by atoms with Crippen LogP contribution < -0.4 is 15.4 Å². The van der Waals surface area contributed by atoms with Gasteiger partial charge in [-0.2, -0.15) is 0 Å². The minimum absolute atomic E-state index is 0.0568. The van der Waals surface area contributed by atoms with E-state index in [4.69, 9.17) is 4.74 Å². The molecular formula is C18H20N2O2. The fraction of sp³-hybridized carbons (Fsp3) is 0.278. The Kier molecular flexibility index (Phi) is 4.39. The number of ether oxygens (including phenoxy) is 1. The molecule has 4 nitrogen and oxygen atoms in total. The molecule has 1 amide bonds. The minimum Gasteiger partial charge on any atom is -0.457 e. The molecule has 1 fully saturated rings. The molecule has 0 aromatic heterocycles. The lowest BCUT2D eigenvalue weighted by molar-refractivity contribution is -0.119. The number of carbonyl (C=O) groups is 1. The number of hydrogen-bond donors (Lipinski definition) is 2. The van der Waals surface area contributed by atoms with Crippen LogP contribution in [0.3, 0.4) is 0 Å². The van der Waals surface area contributed by atoms with Crippen molar-refractivity contribution in [2.24, 2.45) is 5.92 Å². The zero-order valence-electron chi connectivity index (χ0n) is 12.6. The number of rotatable bonds is 4. The van der Waals surface area contributed by atoms with Crippen molar-refractivity contribution >= 4 is 11.6 Å². The van der Waals surface area contributed by atoms with E-state index in [2.05, 4.69) is 10.6 Å². The van der Waals surface area contributed by atoms with E-state index in [9.17, 15) is 4.79 Å². The third-order valence-electron chi connectivity index (χ3n) is 3.76. The minimum atomic E-state index is 0.0568. The third kappa shape index (κ3) is 3.65. The molecule has 3 rings (SSSR count). The van der Waals surface area contributed by atoms with Gasteiger partial charge in [0.2, 0.25) is 5.91 Å². The number of nitrogens with one attached hydrogen (secondary N) is 2. The summed E-state index contributed by atoms with van der Waals surface area (Å²) < 4.78 is 5.84. The molecule has 1 saturated heterocycles. The Labute approximate surface area is 130 Å². The summed E-state index contributed by atoms with van der Waals surface area (Å²) in [6.07, 6.45) is 0.894. The van der Waals surface area contributed by atoms with Crippen molar-refractivity contribution in [3.05, 3.63) is 54.1 Å². The summed E-state index contributed by atoms with van der Waals surface area (Å²) in [5.41, 5.74) is 1.91. The van der Waals surface area contributed by atoms with E-state index in [-0.39, 0.29) is 11.8 Å². The topological polar surface area (TPSA) is 50.4 Å². The first kappa shape index (κ1) is 14.6. The number of amides is 1. The first-order valence-corrected chi connectivity index (χ1v) is 7.57. The molecule has 114 valence electrons. The fourth-order valence-corrected chi connectivity index (χ4v) is 2.58. The highest BCUT2D eigenvalue weighted by Crippen LogP contribution is 2.25. The summed E-state index contributed by atoms with van der Waals surface area (Å²) in [4.78, 5) is 12.1. The summed E-state index contributed by atoms with van der Waals surface area (Å²) in [5, 5.41) is 6.17. The van der Waals surface area contributed by atoms with Crippen LogP contribution in [-0.4, -0.2) is 19.0 Å². The number of hydrogen-bond acceptors (Lipinski definition) is 3. The van der Waals surface area contributed by atoms with E-state index in [1.54, 1.807) is 0 Å². The Morgan fingerprint density at radius 2 is 1.95 bits per heavy atom. The van der Waals surface area contributed by atoms with Crippen molar-refractivity contribution in [2.75, 3.05) is 18.4 Å². The standard InChI is InChI=1S/C18H20N2O2/c1-13-4-2-6-16(10-13)22-17-7-3-5-15(11-17)20-18(21)14-8-9-19-12-14/h2-7,10-11,14,19H,8-9,12H2,1H3,(H,20,21). The molecule has 4 heteroatoms. The quantitative estimate of drug-likeness (QED) is 0.910. The van der Waals surface area contributed by atoms with Crippen molar-refractivity contribution in [3.63, 3.8) is 0 Å². The first-order chi connectivity index (χ1) is 10.7. The van der Waals surface area contributed by atoms with Gasteiger partial charge in [0.25, 0.3) is 0 Å². The van der Waals surface area contributed by atoms with Gasteiger partial charge in [-0.15, -0.1) is 0 Å². The Morgan fingerprint density at radius 1 is 1.18 bits per heavy atom. The van der Waals surface area contributed by atoms with E-state index in [1.165, 1.54) is 0 Å². The van der Waals surface area contributed by atoms with Crippen LogP contribution in [0.5, 0.6) is 11.5 Å². The van der Waals surface area contributed by atoms with Crippen LogP contribution in [0.15, 0.2) is 48.5 Å². The molecule has 0 spiro atoms. The normalized spacial score (nSPS) is 17.2. The van der Waals surface area contributed by atoms with Crippen LogP contribution in [-0.2, 0) is 4.79 Å². The highest BCUT2D eigenvalue weighted by molar-refractivity contribution is 5.93. The molecule has 1 aliphatic rings. The van der Waals surface area contributed by atoms with E-state index < -0.39 is 0 Å². The Balaban J connectivity index is 1.68. The maximum Gasteiger partial charge on any atom is 0.228 e. The lowest BCUT2D eigenvalue weighted by Crippen LogP contribution is -2.24. The van der Waals surface area contributed by atoms with Gasteiger partial charge < -0.3 is 15.4 Å². The highest BCUT2D eigenvalue weighted by Gasteiger charge is 2.22. The van der Waals surface area contributed by atoms with Crippen molar-refractivity contribution < 1.29 is 9.53 Å². The highest BCUT2D eigenvalue weighted by atomic mass is 16.5. The average Bonchev–Trinajstić information content (AvgIpc) is 3.02. The molecule has 22 heavy (non-hydrogen) atoms. The number of anilines is 1. The van der Waals surface area contributed by atoms with Crippen molar-refractivity contribution in [1.29, 1.82) is 0 Å². The third-order valence-corrected chi connectivity index (χ3v) is 3.76. The van der Waals surface area contributed by atoms with Gasteiger partial charge in [-0.25, -0.2) is 0 Å². The lowest BCUT2D eigenvalue weighted by Gasteiger charge is -2.11. The molecule has 0 radical (unpaired) electrons. The molecular weight excluding hydrogens is 276 g/mol.